The van der Waals surface area contributed by atoms with Gasteiger partial charge in [0.2, 0.25) is 11.8 Å². The molecule has 0 radical (unpaired) electrons. The second kappa shape index (κ2) is 5.86. The lowest BCUT2D eigenvalue weighted by Gasteiger charge is -2.17. The molecule has 1 unspecified atom stereocenters. The average molecular weight is 264 g/mol. The van der Waals surface area contributed by atoms with Crippen LogP contribution in [0.1, 0.15) is 19.8 Å². The number of likely N-dealkylation sites (tertiary alicyclic amines) is 1. The molecular weight excluding hydrogens is 244 g/mol. The van der Waals surface area contributed by atoms with Gasteiger partial charge < -0.3 is 14.5 Å². The molecule has 1 aromatic rings. The highest BCUT2D eigenvalue weighted by Gasteiger charge is 2.27. The maximum Gasteiger partial charge on any atom is 0.234 e. The molecule has 19 heavy (non-hydrogen) atoms. The minimum Gasteiger partial charge on any atom is -0.471 e. The first-order valence-corrected chi connectivity index (χ1v) is 6.54. The summed E-state index contributed by atoms with van der Waals surface area (Å²) in [6, 6.07) is 0. The smallest absolute Gasteiger partial charge is 0.234 e. The van der Waals surface area contributed by atoms with Gasteiger partial charge in [0.05, 0.1) is 18.9 Å². The summed E-state index contributed by atoms with van der Waals surface area (Å²) in [7, 11) is 3.82. The van der Waals surface area contributed by atoms with Gasteiger partial charge in [-0.3, -0.25) is 9.78 Å². The quantitative estimate of drug-likeness (QED) is 0.809. The van der Waals surface area contributed by atoms with Gasteiger partial charge in [-0.05, 0) is 0 Å². The van der Waals surface area contributed by atoms with Gasteiger partial charge in [-0.1, -0.05) is 6.92 Å². The Bertz CT molecular complexity index is 450. The summed E-state index contributed by atoms with van der Waals surface area (Å²) >= 11 is 0. The molecule has 1 aromatic heterocycles. The molecule has 1 aliphatic heterocycles. The summed E-state index contributed by atoms with van der Waals surface area (Å²) in [4.78, 5) is 23.8. The van der Waals surface area contributed by atoms with Crippen molar-refractivity contribution in [1.82, 2.24) is 14.9 Å². The van der Waals surface area contributed by atoms with E-state index in [0.717, 1.165) is 18.8 Å². The summed E-state index contributed by atoms with van der Waals surface area (Å²) < 4.78 is 5.80. The standard InChI is InChI=1S/C13H20N4O2/c1-4-13(18)17-6-5-10(9-17)19-12-8-14-7-11(15-12)16(2)3/h7-8,10H,4-6,9H2,1-3H3. The van der Waals surface area contributed by atoms with E-state index in [-0.39, 0.29) is 12.0 Å². The molecule has 6 nitrogen and oxygen atoms in total. The zero-order valence-electron chi connectivity index (χ0n) is 11.7. The summed E-state index contributed by atoms with van der Waals surface area (Å²) in [5.74, 6) is 1.46. The van der Waals surface area contributed by atoms with E-state index in [1.54, 1.807) is 12.4 Å². The first-order chi connectivity index (χ1) is 9.10. The number of rotatable bonds is 4. The van der Waals surface area contributed by atoms with Gasteiger partial charge in [0, 0.05) is 33.5 Å². The average Bonchev–Trinajstić information content (AvgIpc) is 2.86. The van der Waals surface area contributed by atoms with E-state index in [4.69, 9.17) is 4.74 Å². The van der Waals surface area contributed by atoms with Crippen LogP contribution in [0, 0.1) is 0 Å². The fourth-order valence-corrected chi connectivity index (χ4v) is 2.06. The van der Waals surface area contributed by atoms with E-state index in [9.17, 15) is 4.79 Å². The summed E-state index contributed by atoms with van der Waals surface area (Å²) in [5, 5.41) is 0. The summed E-state index contributed by atoms with van der Waals surface area (Å²) in [6.07, 6.45) is 4.70. The minimum atomic E-state index is 0.0159. The van der Waals surface area contributed by atoms with Crippen LogP contribution in [0.25, 0.3) is 0 Å². The van der Waals surface area contributed by atoms with Crippen molar-refractivity contribution in [3.63, 3.8) is 0 Å². The third-order valence-corrected chi connectivity index (χ3v) is 3.15. The molecule has 2 rings (SSSR count). The maximum atomic E-state index is 11.6. The van der Waals surface area contributed by atoms with E-state index in [2.05, 4.69) is 9.97 Å². The van der Waals surface area contributed by atoms with Crippen LogP contribution in [0.2, 0.25) is 0 Å². The largest absolute Gasteiger partial charge is 0.471 e. The van der Waals surface area contributed by atoms with Gasteiger partial charge >= 0.3 is 0 Å². The zero-order chi connectivity index (χ0) is 13.8. The molecule has 6 heteroatoms. The predicted molar refractivity (Wildman–Crippen MR) is 72.3 cm³/mol. The summed E-state index contributed by atoms with van der Waals surface area (Å²) in [6.45, 7) is 3.28. The highest BCUT2D eigenvalue weighted by atomic mass is 16.5. The Morgan fingerprint density at radius 2 is 2.32 bits per heavy atom. The Hall–Kier alpha value is -1.85. The van der Waals surface area contributed by atoms with Gasteiger partial charge in [0.25, 0.3) is 0 Å². The van der Waals surface area contributed by atoms with Crippen LogP contribution in [0.4, 0.5) is 5.82 Å². The number of amides is 1. The minimum absolute atomic E-state index is 0.0159. The molecule has 0 saturated carbocycles. The molecule has 1 fully saturated rings. The van der Waals surface area contributed by atoms with Crippen molar-refractivity contribution in [1.29, 1.82) is 0 Å². The molecule has 1 saturated heterocycles. The molecule has 1 amide bonds. The number of aromatic nitrogens is 2. The predicted octanol–water partition coefficient (Wildman–Crippen LogP) is 0.932. The molecule has 0 N–H and O–H groups in total. The van der Waals surface area contributed by atoms with Gasteiger partial charge in [0.15, 0.2) is 5.82 Å². The van der Waals surface area contributed by atoms with Crippen molar-refractivity contribution in [2.24, 2.45) is 0 Å². The Morgan fingerprint density at radius 3 is 3.00 bits per heavy atom. The molecule has 2 heterocycles. The van der Waals surface area contributed by atoms with Gasteiger partial charge in [-0.15, -0.1) is 0 Å². The molecule has 0 aromatic carbocycles. The van der Waals surface area contributed by atoms with Crippen LogP contribution < -0.4 is 9.64 Å². The van der Waals surface area contributed by atoms with Crippen LogP contribution >= 0.6 is 0 Å². The molecule has 0 spiro atoms. The third kappa shape index (κ3) is 3.33. The van der Waals surface area contributed by atoms with E-state index in [0.29, 0.717) is 18.8 Å². The van der Waals surface area contributed by atoms with Gasteiger partial charge in [-0.2, -0.15) is 4.98 Å². The molecule has 0 aliphatic carbocycles. The molecule has 104 valence electrons. The highest BCUT2D eigenvalue weighted by Crippen LogP contribution is 2.18. The zero-order valence-corrected chi connectivity index (χ0v) is 11.7. The maximum absolute atomic E-state index is 11.6. The lowest BCUT2D eigenvalue weighted by atomic mass is 10.3. The molecular formula is C13H20N4O2. The summed E-state index contributed by atoms with van der Waals surface area (Å²) in [5.41, 5.74) is 0. The number of carbonyl (C=O) groups excluding carboxylic acids is 1. The number of ether oxygens (including phenoxy) is 1. The van der Waals surface area contributed by atoms with Crippen molar-refractivity contribution in [2.45, 2.75) is 25.9 Å². The fraction of sp³-hybridized carbons (Fsp3) is 0.615. The van der Waals surface area contributed by atoms with Gasteiger partial charge in [0.1, 0.15) is 6.10 Å². The lowest BCUT2D eigenvalue weighted by molar-refractivity contribution is -0.130. The van der Waals surface area contributed by atoms with Crippen molar-refractivity contribution in [2.75, 3.05) is 32.1 Å². The molecule has 1 aliphatic rings. The number of hydrogen-bond donors (Lipinski definition) is 0. The van der Waals surface area contributed by atoms with Crippen LogP contribution in [-0.2, 0) is 4.79 Å². The van der Waals surface area contributed by atoms with Crippen molar-refractivity contribution >= 4 is 11.7 Å². The van der Waals surface area contributed by atoms with Crippen LogP contribution in [0.3, 0.4) is 0 Å². The lowest BCUT2D eigenvalue weighted by Crippen LogP contribution is -2.30. The van der Waals surface area contributed by atoms with Crippen LogP contribution in [0.5, 0.6) is 5.88 Å². The van der Waals surface area contributed by atoms with Crippen LogP contribution in [0.15, 0.2) is 12.4 Å². The second-order valence-corrected chi connectivity index (χ2v) is 4.83. The Balaban J connectivity index is 1.95. The molecule has 0 bridgehead atoms. The van der Waals surface area contributed by atoms with E-state index < -0.39 is 0 Å². The highest BCUT2D eigenvalue weighted by molar-refractivity contribution is 5.76. The monoisotopic (exact) mass is 264 g/mol. The Labute approximate surface area is 113 Å². The van der Waals surface area contributed by atoms with Crippen LogP contribution in [-0.4, -0.2) is 54.1 Å². The van der Waals surface area contributed by atoms with Crippen molar-refractivity contribution in [3.05, 3.63) is 12.4 Å². The Kier molecular flexibility index (Phi) is 4.19. The van der Waals surface area contributed by atoms with Gasteiger partial charge in [-0.25, -0.2) is 0 Å². The number of hydrogen-bond acceptors (Lipinski definition) is 5. The van der Waals surface area contributed by atoms with E-state index >= 15 is 0 Å². The van der Waals surface area contributed by atoms with E-state index in [1.165, 1.54) is 0 Å². The first kappa shape index (κ1) is 13.6. The van der Waals surface area contributed by atoms with Crippen molar-refractivity contribution in [3.8, 4) is 5.88 Å². The molecule has 1 atom stereocenters. The number of nitrogens with zero attached hydrogens (tertiary/aromatic N) is 4. The SMILES string of the molecule is CCC(=O)N1CCC(Oc2cncc(N(C)C)n2)C1. The van der Waals surface area contributed by atoms with E-state index in [1.807, 2.05) is 30.8 Å². The second-order valence-electron chi connectivity index (χ2n) is 4.83. The number of carbonyl (C=O) groups is 1. The van der Waals surface area contributed by atoms with Crippen molar-refractivity contribution < 1.29 is 9.53 Å². The fourth-order valence-electron chi connectivity index (χ4n) is 2.06. The number of anilines is 1. The Morgan fingerprint density at radius 1 is 1.53 bits per heavy atom. The third-order valence-electron chi connectivity index (χ3n) is 3.15. The first-order valence-electron chi connectivity index (χ1n) is 6.54. The topological polar surface area (TPSA) is 58.6 Å². The normalized spacial score (nSPS) is 18.5.